The second-order valence-corrected chi connectivity index (χ2v) is 6.89. The standard InChI is InChI=1S/C15H19BrN2O3/c1-15(2)7-3-4-12(15)18-14(21)17-11-6-5-9(13(19)20)8-10(11)16/h5-6,8,12H,3-4,7H2,1-2H3,(H,19,20)(H2,17,18,21). The number of rotatable bonds is 3. The molecule has 6 heteroatoms. The monoisotopic (exact) mass is 354 g/mol. The number of aromatic carboxylic acids is 1. The fourth-order valence-electron chi connectivity index (χ4n) is 2.66. The fourth-order valence-corrected chi connectivity index (χ4v) is 3.14. The third kappa shape index (κ3) is 3.75. The van der Waals surface area contributed by atoms with Crippen LogP contribution in [0.1, 0.15) is 43.5 Å². The Hall–Kier alpha value is -1.56. The molecule has 0 saturated heterocycles. The largest absolute Gasteiger partial charge is 0.478 e. The Balaban J connectivity index is 2.01. The molecule has 1 saturated carbocycles. The van der Waals surface area contributed by atoms with Crippen LogP contribution in [0.3, 0.4) is 0 Å². The molecule has 1 aromatic carbocycles. The maximum atomic E-state index is 12.1. The van der Waals surface area contributed by atoms with Gasteiger partial charge < -0.3 is 15.7 Å². The predicted octanol–water partition coefficient (Wildman–Crippen LogP) is 3.85. The second-order valence-electron chi connectivity index (χ2n) is 6.03. The molecule has 3 N–H and O–H groups in total. The number of urea groups is 1. The average molecular weight is 355 g/mol. The molecule has 2 amide bonds. The normalized spacial score (nSPS) is 20.0. The number of anilines is 1. The Kier molecular flexibility index (Phi) is 4.56. The van der Waals surface area contributed by atoms with Crippen LogP contribution in [0.4, 0.5) is 10.5 Å². The number of amides is 2. The molecular weight excluding hydrogens is 336 g/mol. The zero-order chi connectivity index (χ0) is 15.6. The summed E-state index contributed by atoms with van der Waals surface area (Å²) in [5.41, 5.74) is 0.833. The van der Waals surface area contributed by atoms with Crippen LogP contribution in [0.15, 0.2) is 22.7 Å². The van der Waals surface area contributed by atoms with E-state index in [1.807, 2.05) is 0 Å². The van der Waals surface area contributed by atoms with Crippen LogP contribution in [0.2, 0.25) is 0 Å². The minimum Gasteiger partial charge on any atom is -0.478 e. The first kappa shape index (κ1) is 15.8. The summed E-state index contributed by atoms with van der Waals surface area (Å²) in [6, 6.07) is 4.40. The van der Waals surface area contributed by atoms with E-state index in [4.69, 9.17) is 5.11 Å². The van der Waals surface area contributed by atoms with E-state index in [9.17, 15) is 9.59 Å². The van der Waals surface area contributed by atoms with Gasteiger partial charge in [-0.2, -0.15) is 0 Å². The molecule has 0 radical (unpaired) electrons. The van der Waals surface area contributed by atoms with E-state index in [-0.39, 0.29) is 23.1 Å². The summed E-state index contributed by atoms with van der Waals surface area (Å²) in [4.78, 5) is 22.9. The highest BCUT2D eigenvalue weighted by molar-refractivity contribution is 9.10. The molecule has 1 aromatic rings. The van der Waals surface area contributed by atoms with Crippen molar-refractivity contribution in [3.63, 3.8) is 0 Å². The molecule has 0 heterocycles. The third-order valence-corrected chi connectivity index (χ3v) is 4.68. The predicted molar refractivity (Wildman–Crippen MR) is 84.7 cm³/mol. The SMILES string of the molecule is CC1(C)CCCC1NC(=O)Nc1ccc(C(=O)O)cc1Br. The molecule has 0 spiro atoms. The summed E-state index contributed by atoms with van der Waals surface area (Å²) in [5, 5.41) is 14.7. The highest BCUT2D eigenvalue weighted by atomic mass is 79.9. The molecule has 1 aliphatic carbocycles. The molecule has 1 atom stereocenters. The van der Waals surface area contributed by atoms with Gasteiger partial charge in [-0.25, -0.2) is 9.59 Å². The fraction of sp³-hybridized carbons (Fsp3) is 0.467. The Labute approximate surface area is 132 Å². The van der Waals surface area contributed by atoms with E-state index >= 15 is 0 Å². The van der Waals surface area contributed by atoms with E-state index < -0.39 is 5.97 Å². The zero-order valence-electron chi connectivity index (χ0n) is 12.1. The molecule has 1 unspecified atom stereocenters. The summed E-state index contributed by atoms with van der Waals surface area (Å²) < 4.78 is 0.545. The van der Waals surface area contributed by atoms with Crippen LogP contribution in [0.5, 0.6) is 0 Å². The summed E-state index contributed by atoms with van der Waals surface area (Å²) >= 11 is 3.27. The maximum Gasteiger partial charge on any atom is 0.335 e. The molecule has 1 fully saturated rings. The maximum absolute atomic E-state index is 12.1. The van der Waals surface area contributed by atoms with Crippen molar-refractivity contribution < 1.29 is 14.7 Å². The van der Waals surface area contributed by atoms with E-state index in [2.05, 4.69) is 40.4 Å². The van der Waals surface area contributed by atoms with Crippen LogP contribution in [0, 0.1) is 5.41 Å². The number of carboxylic acid groups (broad SMARTS) is 1. The van der Waals surface area contributed by atoms with Gasteiger partial charge in [0.1, 0.15) is 0 Å². The molecule has 0 aromatic heterocycles. The van der Waals surface area contributed by atoms with Crippen molar-refractivity contribution >= 4 is 33.6 Å². The number of nitrogens with one attached hydrogen (secondary N) is 2. The van der Waals surface area contributed by atoms with Gasteiger partial charge in [0.2, 0.25) is 0 Å². The molecule has 21 heavy (non-hydrogen) atoms. The van der Waals surface area contributed by atoms with Crippen molar-refractivity contribution in [2.75, 3.05) is 5.32 Å². The Bertz CT molecular complexity index is 572. The number of carbonyl (C=O) groups excluding carboxylic acids is 1. The minimum absolute atomic E-state index is 0.113. The van der Waals surface area contributed by atoms with Gasteiger partial charge in [0.25, 0.3) is 0 Å². The van der Waals surface area contributed by atoms with Gasteiger partial charge in [0, 0.05) is 10.5 Å². The van der Waals surface area contributed by atoms with Crippen LogP contribution < -0.4 is 10.6 Å². The number of halogens is 1. The molecule has 0 aliphatic heterocycles. The van der Waals surface area contributed by atoms with Gasteiger partial charge in [0.15, 0.2) is 0 Å². The lowest BCUT2D eigenvalue weighted by molar-refractivity contribution is 0.0697. The molecule has 114 valence electrons. The molecule has 5 nitrogen and oxygen atoms in total. The molecule has 2 rings (SSSR count). The summed E-state index contributed by atoms with van der Waals surface area (Å²) in [6.45, 7) is 4.31. The van der Waals surface area contributed by atoms with Crippen molar-refractivity contribution in [2.45, 2.75) is 39.2 Å². The quantitative estimate of drug-likeness (QED) is 0.771. The van der Waals surface area contributed by atoms with Crippen molar-refractivity contribution in [1.29, 1.82) is 0 Å². The van der Waals surface area contributed by atoms with Gasteiger partial charge in [-0.05, 0) is 52.4 Å². The lowest BCUT2D eigenvalue weighted by Crippen LogP contribution is -2.43. The number of hydrogen-bond acceptors (Lipinski definition) is 2. The van der Waals surface area contributed by atoms with Crippen molar-refractivity contribution in [3.8, 4) is 0 Å². The smallest absolute Gasteiger partial charge is 0.335 e. The number of benzene rings is 1. The Morgan fingerprint density at radius 2 is 2.10 bits per heavy atom. The summed E-state index contributed by atoms with van der Waals surface area (Å²) in [7, 11) is 0. The molecular formula is C15H19BrN2O3. The highest BCUT2D eigenvalue weighted by Gasteiger charge is 2.35. The zero-order valence-corrected chi connectivity index (χ0v) is 13.7. The second kappa shape index (κ2) is 6.05. The number of hydrogen-bond donors (Lipinski definition) is 3. The van der Waals surface area contributed by atoms with Gasteiger partial charge in [-0.1, -0.05) is 20.3 Å². The van der Waals surface area contributed by atoms with Crippen molar-refractivity contribution in [3.05, 3.63) is 28.2 Å². The lowest BCUT2D eigenvalue weighted by atomic mass is 9.87. The first-order valence-corrected chi connectivity index (χ1v) is 7.69. The molecule has 1 aliphatic rings. The minimum atomic E-state index is -1.00. The lowest BCUT2D eigenvalue weighted by Gasteiger charge is -2.27. The van der Waals surface area contributed by atoms with E-state index in [0.717, 1.165) is 19.3 Å². The van der Waals surface area contributed by atoms with Gasteiger partial charge >= 0.3 is 12.0 Å². The number of carbonyl (C=O) groups is 2. The highest BCUT2D eigenvalue weighted by Crippen LogP contribution is 2.37. The van der Waals surface area contributed by atoms with Crippen LogP contribution >= 0.6 is 15.9 Å². The topological polar surface area (TPSA) is 78.4 Å². The first-order valence-electron chi connectivity index (χ1n) is 6.90. The summed E-state index contributed by atoms with van der Waals surface area (Å²) in [6.07, 6.45) is 3.21. The first-order chi connectivity index (χ1) is 9.79. The van der Waals surface area contributed by atoms with Crippen LogP contribution in [-0.4, -0.2) is 23.1 Å². The molecule has 0 bridgehead atoms. The van der Waals surface area contributed by atoms with E-state index in [1.54, 1.807) is 6.07 Å². The van der Waals surface area contributed by atoms with Crippen LogP contribution in [-0.2, 0) is 0 Å². The van der Waals surface area contributed by atoms with Crippen molar-refractivity contribution in [2.24, 2.45) is 5.41 Å². The van der Waals surface area contributed by atoms with Crippen LogP contribution in [0.25, 0.3) is 0 Å². The van der Waals surface area contributed by atoms with Crippen molar-refractivity contribution in [1.82, 2.24) is 5.32 Å². The van der Waals surface area contributed by atoms with E-state index in [0.29, 0.717) is 10.2 Å². The third-order valence-electron chi connectivity index (χ3n) is 4.03. The van der Waals surface area contributed by atoms with Gasteiger partial charge in [-0.3, -0.25) is 0 Å². The Morgan fingerprint density at radius 1 is 1.38 bits per heavy atom. The Morgan fingerprint density at radius 3 is 2.62 bits per heavy atom. The average Bonchev–Trinajstić information content (AvgIpc) is 2.71. The van der Waals surface area contributed by atoms with E-state index in [1.165, 1.54) is 12.1 Å². The number of carboxylic acids is 1. The van der Waals surface area contributed by atoms with Gasteiger partial charge in [-0.15, -0.1) is 0 Å². The van der Waals surface area contributed by atoms with Gasteiger partial charge in [0.05, 0.1) is 11.3 Å². The summed E-state index contributed by atoms with van der Waals surface area (Å²) in [5.74, 6) is -1.00.